The summed E-state index contributed by atoms with van der Waals surface area (Å²) < 4.78 is 11.1. The first-order valence-corrected chi connectivity index (χ1v) is 22.7. The molecule has 0 aliphatic heterocycles. The lowest BCUT2D eigenvalue weighted by molar-refractivity contribution is -0.154. The van der Waals surface area contributed by atoms with Crippen LogP contribution in [0.5, 0.6) is 0 Å². The summed E-state index contributed by atoms with van der Waals surface area (Å²) in [4.78, 5) is 12.2. The first-order chi connectivity index (χ1) is 26.7. The highest BCUT2D eigenvalue weighted by molar-refractivity contribution is 5.69. The zero-order chi connectivity index (χ0) is 39.1. The largest absolute Gasteiger partial charge is 0.457 e. The van der Waals surface area contributed by atoms with Gasteiger partial charge in [-0.25, -0.2) is 0 Å². The van der Waals surface area contributed by atoms with Crippen LogP contribution < -0.4 is 0 Å². The van der Waals surface area contributed by atoms with Crippen LogP contribution in [0.1, 0.15) is 200 Å². The molecular weight excluding hydrogens is 665 g/mol. The Morgan fingerprint density at radius 2 is 0.815 bits per heavy atom. The van der Waals surface area contributed by atoms with E-state index < -0.39 is 6.10 Å². The molecule has 0 aromatic rings. The van der Waals surface area contributed by atoms with Crippen molar-refractivity contribution in [2.24, 2.45) is 0 Å². The van der Waals surface area contributed by atoms with Crippen molar-refractivity contribution in [3.8, 4) is 0 Å². The number of aliphatic hydroxyl groups excluding tert-OH is 1. The van der Waals surface area contributed by atoms with Gasteiger partial charge in [0.15, 0.2) is 0 Å². The van der Waals surface area contributed by atoms with Gasteiger partial charge in [-0.3, -0.25) is 4.79 Å². The zero-order valence-corrected chi connectivity index (χ0v) is 35.5. The molecule has 0 fully saturated rings. The van der Waals surface area contributed by atoms with Crippen molar-refractivity contribution in [3.63, 3.8) is 0 Å². The van der Waals surface area contributed by atoms with Gasteiger partial charge in [-0.2, -0.15) is 0 Å². The fourth-order valence-electron chi connectivity index (χ4n) is 6.14. The molecule has 0 spiro atoms. The van der Waals surface area contributed by atoms with Gasteiger partial charge < -0.3 is 14.6 Å². The van der Waals surface area contributed by atoms with Gasteiger partial charge in [-0.1, -0.05) is 214 Å². The summed E-state index contributed by atoms with van der Waals surface area (Å²) in [5.41, 5.74) is 0. The molecule has 0 radical (unpaired) electrons. The number of esters is 1. The summed E-state index contributed by atoms with van der Waals surface area (Å²) in [5, 5.41) is 9.61. The summed E-state index contributed by atoms with van der Waals surface area (Å²) in [6, 6.07) is 0. The Balaban J connectivity index is 3.56. The first kappa shape index (κ1) is 51.6. The van der Waals surface area contributed by atoms with E-state index in [9.17, 15) is 9.90 Å². The maximum Gasteiger partial charge on any atom is 0.306 e. The van der Waals surface area contributed by atoms with Gasteiger partial charge in [0.2, 0.25) is 0 Å². The fraction of sp³-hybridized carbons (Fsp3) is 0.700. The Labute approximate surface area is 335 Å². The second kappa shape index (κ2) is 46.7. The summed E-state index contributed by atoms with van der Waals surface area (Å²) in [5.74, 6) is -0.258. The van der Waals surface area contributed by atoms with Crippen molar-refractivity contribution < 1.29 is 19.4 Å². The van der Waals surface area contributed by atoms with Crippen molar-refractivity contribution in [1.82, 2.24) is 0 Å². The lowest BCUT2D eigenvalue weighted by Crippen LogP contribution is -2.27. The molecule has 310 valence electrons. The van der Waals surface area contributed by atoms with Crippen LogP contribution in [0.3, 0.4) is 0 Å². The number of carbonyl (C=O) groups excluding carboxylic acids is 1. The molecular formula is C50H86O4. The predicted octanol–water partition coefficient (Wildman–Crippen LogP) is 15.2. The fourth-order valence-corrected chi connectivity index (χ4v) is 6.14. The molecule has 0 aliphatic carbocycles. The van der Waals surface area contributed by atoms with E-state index in [1.54, 1.807) is 0 Å². The molecule has 1 unspecified atom stereocenters. The van der Waals surface area contributed by atoms with Gasteiger partial charge in [0, 0.05) is 13.0 Å². The molecule has 0 saturated heterocycles. The monoisotopic (exact) mass is 751 g/mol. The molecule has 0 aromatic carbocycles. The third-order valence-corrected chi connectivity index (χ3v) is 9.48. The quantitative estimate of drug-likeness (QED) is 0.0384. The molecule has 0 rings (SSSR count). The second-order valence-corrected chi connectivity index (χ2v) is 14.7. The van der Waals surface area contributed by atoms with E-state index in [2.05, 4.69) is 98.9 Å². The average molecular weight is 751 g/mol. The number of unbranched alkanes of at least 4 members (excludes halogenated alkanes) is 19. The maximum atomic E-state index is 12.2. The van der Waals surface area contributed by atoms with Gasteiger partial charge in [-0.15, -0.1) is 0 Å². The Morgan fingerprint density at radius 3 is 1.19 bits per heavy atom. The molecule has 0 aromatic heterocycles. The summed E-state index contributed by atoms with van der Waals surface area (Å²) >= 11 is 0. The van der Waals surface area contributed by atoms with Gasteiger partial charge in [0.1, 0.15) is 6.10 Å². The first-order valence-electron chi connectivity index (χ1n) is 22.7. The average Bonchev–Trinajstić information content (AvgIpc) is 3.18. The number of hydrogen-bond donors (Lipinski definition) is 1. The molecule has 0 aliphatic rings. The summed E-state index contributed by atoms with van der Waals surface area (Å²) in [6.07, 6.45) is 65.1. The van der Waals surface area contributed by atoms with E-state index in [1.165, 1.54) is 116 Å². The number of rotatable bonds is 41. The van der Waals surface area contributed by atoms with Crippen LogP contribution in [0, 0.1) is 0 Å². The van der Waals surface area contributed by atoms with Crippen LogP contribution in [-0.2, 0) is 14.3 Å². The highest BCUT2D eigenvalue weighted by Gasteiger charge is 2.13. The third kappa shape index (κ3) is 44.0. The van der Waals surface area contributed by atoms with E-state index in [0.717, 1.165) is 64.2 Å². The summed E-state index contributed by atoms with van der Waals surface area (Å²) in [7, 11) is 0. The molecule has 4 nitrogen and oxygen atoms in total. The molecule has 1 N–H and O–H groups in total. The highest BCUT2D eigenvalue weighted by Crippen LogP contribution is 2.15. The van der Waals surface area contributed by atoms with E-state index >= 15 is 0 Å². The van der Waals surface area contributed by atoms with Crippen molar-refractivity contribution in [2.75, 3.05) is 19.8 Å². The standard InChI is InChI=1S/C50H86O4/c1-3-5-7-9-11-13-15-17-19-21-23-24-25-26-27-29-31-33-35-37-39-41-43-45-50(52)54-49(47-51)48-53-46-44-42-40-38-36-34-32-30-28-22-20-18-16-14-12-10-8-6-4-2/h5,7,11,13,17,19,23-24,26-27,31,33,37,39,49,51H,3-4,6,8-10,12,14-16,18,20-22,25,28-30,32,34-36,38,40-48H2,1-2H3/b7-5-,13-11-,19-17-,24-23-,27-26-,33-31-,39-37-. The molecule has 0 bridgehead atoms. The lowest BCUT2D eigenvalue weighted by Gasteiger charge is -2.15. The smallest absolute Gasteiger partial charge is 0.306 e. The predicted molar refractivity (Wildman–Crippen MR) is 237 cm³/mol. The Hall–Kier alpha value is -2.43. The third-order valence-electron chi connectivity index (χ3n) is 9.48. The van der Waals surface area contributed by atoms with E-state index in [4.69, 9.17) is 9.47 Å². The molecule has 54 heavy (non-hydrogen) atoms. The number of allylic oxidation sites excluding steroid dienone is 14. The second-order valence-electron chi connectivity index (χ2n) is 14.7. The number of ether oxygens (including phenoxy) is 2. The SMILES string of the molecule is CC/C=C\C/C=C\C/C=C\C/C=C\C/C=C\C/C=C\C/C=C\CCCC(=O)OC(CO)COCCCCCCCCCCCCCCCCCCCCC. The molecule has 0 heterocycles. The maximum absolute atomic E-state index is 12.2. The Morgan fingerprint density at radius 1 is 0.463 bits per heavy atom. The number of carbonyl (C=O) groups is 1. The Kier molecular flexibility index (Phi) is 44.6. The van der Waals surface area contributed by atoms with E-state index in [-0.39, 0.29) is 19.2 Å². The van der Waals surface area contributed by atoms with Crippen LogP contribution in [0.2, 0.25) is 0 Å². The minimum absolute atomic E-state index is 0.198. The van der Waals surface area contributed by atoms with Gasteiger partial charge >= 0.3 is 5.97 Å². The van der Waals surface area contributed by atoms with Crippen LogP contribution in [0.15, 0.2) is 85.1 Å². The summed E-state index contributed by atoms with van der Waals surface area (Å²) in [6.45, 7) is 5.18. The normalized spacial score (nSPS) is 13.2. The minimum Gasteiger partial charge on any atom is -0.457 e. The minimum atomic E-state index is -0.568. The molecule has 0 saturated carbocycles. The Bertz CT molecular complexity index is 969. The van der Waals surface area contributed by atoms with Gasteiger partial charge in [-0.05, 0) is 64.2 Å². The highest BCUT2D eigenvalue weighted by atomic mass is 16.6. The van der Waals surface area contributed by atoms with E-state index in [1.807, 2.05) is 0 Å². The molecule has 0 amide bonds. The number of hydrogen-bond acceptors (Lipinski definition) is 4. The van der Waals surface area contributed by atoms with Crippen molar-refractivity contribution in [2.45, 2.75) is 206 Å². The van der Waals surface area contributed by atoms with Crippen LogP contribution in [0.4, 0.5) is 0 Å². The van der Waals surface area contributed by atoms with Gasteiger partial charge in [0.25, 0.3) is 0 Å². The van der Waals surface area contributed by atoms with Crippen LogP contribution in [0.25, 0.3) is 0 Å². The molecule has 4 heteroatoms. The van der Waals surface area contributed by atoms with Crippen LogP contribution in [-0.4, -0.2) is 37.0 Å². The lowest BCUT2D eigenvalue weighted by atomic mass is 10.0. The van der Waals surface area contributed by atoms with E-state index in [0.29, 0.717) is 13.0 Å². The van der Waals surface area contributed by atoms with Crippen molar-refractivity contribution >= 4 is 5.97 Å². The number of aliphatic hydroxyl groups is 1. The van der Waals surface area contributed by atoms with Crippen LogP contribution >= 0.6 is 0 Å². The zero-order valence-electron chi connectivity index (χ0n) is 35.5. The van der Waals surface area contributed by atoms with Crippen molar-refractivity contribution in [3.05, 3.63) is 85.1 Å². The topological polar surface area (TPSA) is 55.8 Å². The molecule has 1 atom stereocenters. The van der Waals surface area contributed by atoms with Crippen molar-refractivity contribution in [1.29, 1.82) is 0 Å². The van der Waals surface area contributed by atoms with Gasteiger partial charge in [0.05, 0.1) is 13.2 Å².